The second kappa shape index (κ2) is 9.92. The number of ketones is 1. The van der Waals surface area contributed by atoms with Crippen LogP contribution >= 0.6 is 0 Å². The molecule has 0 aromatic rings. The molecule has 0 saturated carbocycles. The van der Waals surface area contributed by atoms with E-state index in [-0.39, 0.29) is 12.8 Å². The Balaban J connectivity index is 4.59. The van der Waals surface area contributed by atoms with Gasteiger partial charge in [-0.25, -0.2) is 14.4 Å². The Morgan fingerprint density at radius 1 is 0.875 bits per heavy atom. The standard InChI is InChI=1S/C13H18N2O9/c1-6(16)14-8(12(21)22)5-10(18)15-7(11(19)20)3-2-4-9(17)13(23)24/h7-8H,2-5H2,1H3,(H,14,16)(H,15,18)(H,19,20)(H,21,22)(H,23,24)/t7-,8-/m0/s1. The number of rotatable bonds is 11. The van der Waals surface area contributed by atoms with Crippen molar-refractivity contribution < 1.29 is 44.1 Å². The molecule has 0 rings (SSSR count). The van der Waals surface area contributed by atoms with Gasteiger partial charge in [0, 0.05) is 13.3 Å². The molecule has 5 N–H and O–H groups in total. The van der Waals surface area contributed by atoms with Gasteiger partial charge in [0.2, 0.25) is 17.6 Å². The third kappa shape index (κ3) is 8.46. The first-order chi connectivity index (χ1) is 11.0. The molecule has 0 aromatic carbocycles. The summed E-state index contributed by atoms with van der Waals surface area (Å²) in [6.07, 6.45) is -1.36. The molecular weight excluding hydrogens is 328 g/mol. The molecule has 2 atom stereocenters. The molecule has 0 aliphatic rings. The van der Waals surface area contributed by atoms with Crippen molar-refractivity contribution in [2.75, 3.05) is 0 Å². The number of carbonyl (C=O) groups is 6. The number of carboxylic acid groups (broad SMARTS) is 3. The lowest BCUT2D eigenvalue weighted by Crippen LogP contribution is -2.47. The second-order valence-electron chi connectivity index (χ2n) is 4.87. The fraction of sp³-hybridized carbons (Fsp3) is 0.538. The van der Waals surface area contributed by atoms with Crippen molar-refractivity contribution in [3.8, 4) is 0 Å². The minimum atomic E-state index is -1.63. The van der Waals surface area contributed by atoms with Crippen molar-refractivity contribution >= 4 is 35.5 Å². The molecule has 11 nitrogen and oxygen atoms in total. The van der Waals surface area contributed by atoms with Gasteiger partial charge in [-0.2, -0.15) is 0 Å². The number of aliphatic carboxylic acids is 3. The predicted molar refractivity (Wildman–Crippen MR) is 75.9 cm³/mol. The summed E-state index contributed by atoms with van der Waals surface area (Å²) in [5.41, 5.74) is 0. The van der Waals surface area contributed by atoms with Crippen molar-refractivity contribution in [3.05, 3.63) is 0 Å². The lowest BCUT2D eigenvalue weighted by Gasteiger charge is -2.17. The highest BCUT2D eigenvalue weighted by molar-refractivity contribution is 6.32. The van der Waals surface area contributed by atoms with Crippen LogP contribution in [-0.2, 0) is 28.8 Å². The molecule has 0 fully saturated rings. The Bertz CT molecular complexity index is 544. The number of hydrogen-bond acceptors (Lipinski definition) is 6. The van der Waals surface area contributed by atoms with Crippen LogP contribution in [-0.4, -0.2) is 62.9 Å². The summed E-state index contributed by atoms with van der Waals surface area (Å²) in [6, 6.07) is -2.92. The van der Waals surface area contributed by atoms with Crippen molar-refractivity contribution in [1.29, 1.82) is 0 Å². The number of Topliss-reactive ketones (excluding diaryl/α,β-unsaturated/α-hetero) is 1. The van der Waals surface area contributed by atoms with E-state index in [0.717, 1.165) is 6.92 Å². The molecule has 134 valence electrons. The third-order valence-electron chi connectivity index (χ3n) is 2.83. The molecule has 0 aromatic heterocycles. The first kappa shape index (κ1) is 21.0. The Labute approximate surface area is 136 Å². The summed E-state index contributed by atoms with van der Waals surface area (Å²) in [6.45, 7) is 1.06. The van der Waals surface area contributed by atoms with E-state index in [2.05, 4.69) is 5.32 Å². The average Bonchev–Trinajstić information content (AvgIpc) is 2.44. The first-order valence-corrected chi connectivity index (χ1v) is 6.82. The van der Waals surface area contributed by atoms with E-state index in [1.807, 2.05) is 5.32 Å². The minimum Gasteiger partial charge on any atom is -0.480 e. The molecule has 0 bridgehead atoms. The summed E-state index contributed by atoms with van der Waals surface area (Å²) >= 11 is 0. The van der Waals surface area contributed by atoms with Crippen molar-refractivity contribution in [3.63, 3.8) is 0 Å². The molecule has 0 unspecified atom stereocenters. The maximum absolute atomic E-state index is 11.7. The molecule has 0 aliphatic carbocycles. The van der Waals surface area contributed by atoms with Crippen LogP contribution in [0.15, 0.2) is 0 Å². The highest BCUT2D eigenvalue weighted by atomic mass is 16.4. The van der Waals surface area contributed by atoms with E-state index in [1.165, 1.54) is 0 Å². The van der Waals surface area contributed by atoms with Gasteiger partial charge >= 0.3 is 17.9 Å². The van der Waals surface area contributed by atoms with Gasteiger partial charge in [-0.05, 0) is 12.8 Å². The van der Waals surface area contributed by atoms with Gasteiger partial charge in [0.05, 0.1) is 6.42 Å². The SMILES string of the molecule is CC(=O)N[C@@H](CC(=O)N[C@@H](CCCC(=O)C(=O)O)C(=O)O)C(=O)O. The highest BCUT2D eigenvalue weighted by Gasteiger charge is 2.26. The average molecular weight is 346 g/mol. The number of nitrogens with one attached hydrogen (secondary N) is 2. The number of amides is 2. The molecular formula is C13H18N2O9. The maximum atomic E-state index is 11.7. The number of hydrogen-bond donors (Lipinski definition) is 5. The van der Waals surface area contributed by atoms with Crippen LogP contribution < -0.4 is 10.6 Å². The molecule has 0 radical (unpaired) electrons. The third-order valence-corrected chi connectivity index (χ3v) is 2.83. The number of carboxylic acids is 3. The zero-order valence-electron chi connectivity index (χ0n) is 12.8. The van der Waals surface area contributed by atoms with E-state index >= 15 is 0 Å². The van der Waals surface area contributed by atoms with Crippen LogP contribution in [0.4, 0.5) is 0 Å². The highest BCUT2D eigenvalue weighted by Crippen LogP contribution is 2.04. The fourth-order valence-electron chi connectivity index (χ4n) is 1.72. The monoisotopic (exact) mass is 346 g/mol. The smallest absolute Gasteiger partial charge is 0.372 e. The van der Waals surface area contributed by atoms with Crippen LogP contribution in [0.5, 0.6) is 0 Å². The van der Waals surface area contributed by atoms with Crippen LogP contribution in [0.2, 0.25) is 0 Å². The predicted octanol–water partition coefficient (Wildman–Crippen LogP) is -1.64. The minimum absolute atomic E-state index is 0.0869. The van der Waals surface area contributed by atoms with E-state index < -0.39 is 60.4 Å². The van der Waals surface area contributed by atoms with E-state index in [4.69, 9.17) is 15.3 Å². The van der Waals surface area contributed by atoms with Crippen LogP contribution in [0.25, 0.3) is 0 Å². The molecule has 11 heteroatoms. The number of carbonyl (C=O) groups excluding carboxylic acids is 3. The van der Waals surface area contributed by atoms with Crippen LogP contribution in [0.1, 0.15) is 32.6 Å². The Morgan fingerprint density at radius 2 is 1.42 bits per heavy atom. The summed E-state index contributed by atoms with van der Waals surface area (Å²) < 4.78 is 0. The van der Waals surface area contributed by atoms with E-state index in [1.54, 1.807) is 0 Å². The van der Waals surface area contributed by atoms with Gasteiger partial charge in [0.1, 0.15) is 12.1 Å². The lowest BCUT2D eigenvalue weighted by atomic mass is 10.1. The molecule has 0 saturated heterocycles. The second-order valence-corrected chi connectivity index (χ2v) is 4.87. The van der Waals surface area contributed by atoms with Crippen LogP contribution in [0.3, 0.4) is 0 Å². The normalized spacial score (nSPS) is 12.5. The zero-order valence-corrected chi connectivity index (χ0v) is 12.8. The van der Waals surface area contributed by atoms with Gasteiger partial charge in [-0.15, -0.1) is 0 Å². The molecule has 2 amide bonds. The quantitative estimate of drug-likeness (QED) is 0.273. The summed E-state index contributed by atoms with van der Waals surface area (Å²) in [5, 5.41) is 30.3. The Kier molecular flexibility index (Phi) is 8.69. The van der Waals surface area contributed by atoms with Gasteiger partial charge in [0.25, 0.3) is 0 Å². The van der Waals surface area contributed by atoms with Crippen molar-refractivity contribution in [2.45, 2.75) is 44.7 Å². The largest absolute Gasteiger partial charge is 0.480 e. The van der Waals surface area contributed by atoms with E-state index in [0.29, 0.717) is 0 Å². The first-order valence-electron chi connectivity index (χ1n) is 6.82. The maximum Gasteiger partial charge on any atom is 0.372 e. The molecule has 0 spiro atoms. The van der Waals surface area contributed by atoms with Gasteiger partial charge < -0.3 is 26.0 Å². The topological polar surface area (TPSA) is 187 Å². The van der Waals surface area contributed by atoms with Crippen LogP contribution in [0, 0.1) is 0 Å². The summed E-state index contributed by atoms with van der Waals surface area (Å²) in [4.78, 5) is 65.7. The fourth-order valence-corrected chi connectivity index (χ4v) is 1.72. The lowest BCUT2D eigenvalue weighted by molar-refractivity contribution is -0.149. The van der Waals surface area contributed by atoms with Crippen molar-refractivity contribution in [2.24, 2.45) is 0 Å². The molecule has 24 heavy (non-hydrogen) atoms. The summed E-state index contributed by atoms with van der Waals surface area (Å²) in [7, 11) is 0. The van der Waals surface area contributed by atoms with Gasteiger partial charge in [0.15, 0.2) is 0 Å². The zero-order chi connectivity index (χ0) is 18.9. The van der Waals surface area contributed by atoms with Gasteiger partial charge in [-0.3, -0.25) is 14.4 Å². The Morgan fingerprint density at radius 3 is 1.83 bits per heavy atom. The van der Waals surface area contributed by atoms with E-state index in [9.17, 15) is 28.8 Å². The molecule has 0 heterocycles. The summed E-state index contributed by atoms with van der Waals surface area (Å²) in [5.74, 6) is -7.19. The molecule has 0 aliphatic heterocycles. The van der Waals surface area contributed by atoms with Gasteiger partial charge in [-0.1, -0.05) is 0 Å². The van der Waals surface area contributed by atoms with Crippen molar-refractivity contribution in [1.82, 2.24) is 10.6 Å². The Hall–Kier alpha value is -2.98.